The molecule has 0 aliphatic rings. The first-order valence-electron chi connectivity index (χ1n) is 6.62. The zero-order valence-corrected chi connectivity index (χ0v) is 13.7. The lowest BCUT2D eigenvalue weighted by molar-refractivity contribution is -0.384. The molecule has 0 unspecified atom stereocenters. The maximum Gasteiger partial charge on any atom is 0.333 e. The minimum Gasteiger partial charge on any atom is -0.360 e. The number of nitrogens with one attached hydrogen (secondary N) is 1. The third-order valence-electron chi connectivity index (χ3n) is 3.13. The summed E-state index contributed by atoms with van der Waals surface area (Å²) in [6.45, 7) is 6.03. The summed E-state index contributed by atoms with van der Waals surface area (Å²) in [6.07, 6.45) is 0. The minimum absolute atomic E-state index is 0.0377. The number of aryl methyl sites for hydroxylation is 1. The molecule has 0 radical (unpaired) electrons. The third kappa shape index (κ3) is 3.24. The molecule has 0 spiro atoms. The fraction of sp³-hybridized carbons (Fsp3) is 0.357. The van der Waals surface area contributed by atoms with E-state index in [1.165, 1.54) is 0 Å². The van der Waals surface area contributed by atoms with E-state index in [1.54, 1.807) is 11.6 Å². The van der Waals surface area contributed by atoms with Crippen molar-refractivity contribution in [2.75, 3.05) is 5.32 Å². The van der Waals surface area contributed by atoms with Crippen LogP contribution in [-0.2, 0) is 6.54 Å². The standard InChI is InChI=1S/C14H17BrN4O2/c1-9(2)18-14(13(19(20)21)10(3)17-18)16-8-11-6-4-5-7-12(11)15/h4-7,9,16H,8H2,1-3H3. The molecule has 0 saturated carbocycles. The lowest BCUT2D eigenvalue weighted by atomic mass is 10.2. The van der Waals surface area contributed by atoms with Gasteiger partial charge in [0.25, 0.3) is 0 Å². The fourth-order valence-corrected chi connectivity index (χ4v) is 2.54. The average Bonchev–Trinajstić information content (AvgIpc) is 2.75. The van der Waals surface area contributed by atoms with Crippen LogP contribution in [0.3, 0.4) is 0 Å². The number of rotatable bonds is 5. The van der Waals surface area contributed by atoms with Gasteiger partial charge in [-0.05, 0) is 32.4 Å². The van der Waals surface area contributed by atoms with E-state index in [9.17, 15) is 10.1 Å². The summed E-state index contributed by atoms with van der Waals surface area (Å²) in [7, 11) is 0. The first kappa shape index (κ1) is 15.5. The Kier molecular flexibility index (Phi) is 4.62. The molecule has 1 aromatic heterocycles. The van der Waals surface area contributed by atoms with Crippen LogP contribution in [-0.4, -0.2) is 14.7 Å². The predicted molar refractivity (Wildman–Crippen MR) is 85.5 cm³/mol. The molecule has 0 aliphatic carbocycles. The maximum atomic E-state index is 11.3. The van der Waals surface area contributed by atoms with E-state index in [-0.39, 0.29) is 16.7 Å². The van der Waals surface area contributed by atoms with Crippen LogP contribution < -0.4 is 5.32 Å². The summed E-state index contributed by atoms with van der Waals surface area (Å²) in [5.41, 5.74) is 1.49. The molecule has 0 bridgehead atoms. The van der Waals surface area contributed by atoms with Crippen LogP contribution >= 0.6 is 15.9 Å². The van der Waals surface area contributed by atoms with Crippen molar-refractivity contribution in [3.63, 3.8) is 0 Å². The van der Waals surface area contributed by atoms with E-state index >= 15 is 0 Å². The van der Waals surface area contributed by atoms with Crippen LogP contribution in [0.2, 0.25) is 0 Å². The second kappa shape index (κ2) is 6.26. The van der Waals surface area contributed by atoms with Crippen molar-refractivity contribution >= 4 is 27.4 Å². The molecule has 2 rings (SSSR count). The summed E-state index contributed by atoms with van der Waals surface area (Å²) in [4.78, 5) is 10.9. The average molecular weight is 353 g/mol. The molecule has 0 atom stereocenters. The van der Waals surface area contributed by atoms with Gasteiger partial charge in [0.2, 0.25) is 5.82 Å². The quantitative estimate of drug-likeness (QED) is 0.650. The Bertz CT molecular complexity index is 667. The Morgan fingerprint density at radius 3 is 2.67 bits per heavy atom. The normalized spacial score (nSPS) is 10.9. The number of nitro groups is 1. The molecule has 1 aromatic carbocycles. The van der Waals surface area contributed by atoms with E-state index in [1.807, 2.05) is 38.1 Å². The van der Waals surface area contributed by atoms with Gasteiger partial charge in [-0.3, -0.25) is 10.1 Å². The topological polar surface area (TPSA) is 73.0 Å². The van der Waals surface area contributed by atoms with Gasteiger partial charge in [0.05, 0.1) is 4.92 Å². The van der Waals surface area contributed by atoms with Gasteiger partial charge in [0, 0.05) is 17.1 Å². The number of hydrogen-bond acceptors (Lipinski definition) is 4. The zero-order valence-electron chi connectivity index (χ0n) is 12.1. The van der Waals surface area contributed by atoms with Crippen molar-refractivity contribution < 1.29 is 4.92 Å². The summed E-state index contributed by atoms with van der Waals surface area (Å²) in [5, 5.41) is 18.7. The molecule has 0 amide bonds. The van der Waals surface area contributed by atoms with Crippen molar-refractivity contribution in [3.05, 3.63) is 50.1 Å². The molecule has 21 heavy (non-hydrogen) atoms. The van der Waals surface area contributed by atoms with Gasteiger partial charge in [0.15, 0.2) is 0 Å². The van der Waals surface area contributed by atoms with Crippen molar-refractivity contribution in [1.29, 1.82) is 0 Å². The van der Waals surface area contributed by atoms with Crippen LogP contribution in [0, 0.1) is 17.0 Å². The zero-order chi connectivity index (χ0) is 15.6. The molecule has 0 aliphatic heterocycles. The predicted octanol–water partition coefficient (Wildman–Crippen LogP) is 4.06. The number of hydrogen-bond donors (Lipinski definition) is 1. The van der Waals surface area contributed by atoms with Crippen LogP contribution in [0.1, 0.15) is 31.1 Å². The molecule has 0 saturated heterocycles. The Labute approximate surface area is 131 Å². The van der Waals surface area contributed by atoms with Crippen LogP contribution in [0.25, 0.3) is 0 Å². The number of anilines is 1. The SMILES string of the molecule is Cc1nn(C(C)C)c(NCc2ccccc2Br)c1[N+](=O)[O-]. The van der Waals surface area contributed by atoms with E-state index < -0.39 is 0 Å². The van der Waals surface area contributed by atoms with Gasteiger partial charge in [-0.25, -0.2) is 4.68 Å². The van der Waals surface area contributed by atoms with Gasteiger partial charge in [0.1, 0.15) is 5.69 Å². The molecule has 1 N–H and O–H groups in total. The minimum atomic E-state index is -0.385. The van der Waals surface area contributed by atoms with E-state index in [2.05, 4.69) is 26.3 Å². The molecule has 0 fully saturated rings. The van der Waals surface area contributed by atoms with Crippen LogP contribution in [0.4, 0.5) is 11.5 Å². The van der Waals surface area contributed by atoms with Crippen molar-refractivity contribution in [3.8, 4) is 0 Å². The largest absolute Gasteiger partial charge is 0.360 e. The molecular formula is C14H17BrN4O2. The second-order valence-corrected chi connectivity index (χ2v) is 5.88. The Morgan fingerprint density at radius 1 is 1.43 bits per heavy atom. The maximum absolute atomic E-state index is 11.3. The molecule has 6 nitrogen and oxygen atoms in total. The van der Waals surface area contributed by atoms with E-state index in [4.69, 9.17) is 0 Å². The van der Waals surface area contributed by atoms with E-state index in [0.29, 0.717) is 18.1 Å². The van der Waals surface area contributed by atoms with Gasteiger partial charge in [-0.15, -0.1) is 0 Å². The summed E-state index contributed by atoms with van der Waals surface area (Å²) < 4.78 is 2.62. The summed E-state index contributed by atoms with van der Waals surface area (Å²) >= 11 is 3.47. The smallest absolute Gasteiger partial charge is 0.333 e. The monoisotopic (exact) mass is 352 g/mol. The Hall–Kier alpha value is -1.89. The van der Waals surface area contributed by atoms with Gasteiger partial charge in [-0.2, -0.15) is 5.10 Å². The fourth-order valence-electron chi connectivity index (χ4n) is 2.12. The number of nitrogens with zero attached hydrogens (tertiary/aromatic N) is 3. The lowest BCUT2D eigenvalue weighted by Gasteiger charge is -2.12. The van der Waals surface area contributed by atoms with Crippen molar-refractivity contribution in [2.24, 2.45) is 0 Å². The first-order chi connectivity index (χ1) is 9.91. The molecule has 7 heteroatoms. The lowest BCUT2D eigenvalue weighted by Crippen LogP contribution is -2.11. The van der Waals surface area contributed by atoms with Crippen molar-refractivity contribution in [2.45, 2.75) is 33.4 Å². The second-order valence-electron chi connectivity index (χ2n) is 5.02. The van der Waals surface area contributed by atoms with Crippen molar-refractivity contribution in [1.82, 2.24) is 9.78 Å². The Morgan fingerprint density at radius 2 is 2.10 bits per heavy atom. The van der Waals surface area contributed by atoms with Gasteiger partial charge in [-0.1, -0.05) is 34.1 Å². The molecule has 112 valence electrons. The van der Waals surface area contributed by atoms with Gasteiger partial charge >= 0.3 is 5.69 Å². The Balaban J connectivity index is 2.34. The highest BCUT2D eigenvalue weighted by molar-refractivity contribution is 9.10. The first-order valence-corrected chi connectivity index (χ1v) is 7.42. The van der Waals surface area contributed by atoms with Gasteiger partial charge < -0.3 is 5.32 Å². The summed E-state index contributed by atoms with van der Waals surface area (Å²) in [5.74, 6) is 0.447. The molecule has 1 heterocycles. The number of benzene rings is 1. The van der Waals surface area contributed by atoms with Crippen LogP contribution in [0.5, 0.6) is 0 Å². The summed E-state index contributed by atoms with van der Waals surface area (Å²) in [6, 6.07) is 7.81. The van der Waals surface area contributed by atoms with Crippen LogP contribution in [0.15, 0.2) is 28.7 Å². The molecular weight excluding hydrogens is 336 g/mol. The highest BCUT2D eigenvalue weighted by Crippen LogP contribution is 2.31. The highest BCUT2D eigenvalue weighted by Gasteiger charge is 2.26. The van der Waals surface area contributed by atoms with E-state index in [0.717, 1.165) is 10.0 Å². The molecule has 2 aromatic rings. The highest BCUT2D eigenvalue weighted by atomic mass is 79.9. The third-order valence-corrected chi connectivity index (χ3v) is 3.90. The number of aromatic nitrogens is 2. The number of halogens is 1.